The summed E-state index contributed by atoms with van der Waals surface area (Å²) >= 11 is 0. The molecule has 0 aromatic heterocycles. The van der Waals surface area contributed by atoms with E-state index in [1.165, 1.54) is 12.1 Å². The zero-order valence-corrected chi connectivity index (χ0v) is 12.7. The first kappa shape index (κ1) is 15.4. The highest BCUT2D eigenvalue weighted by atomic mass is 32.2. The second-order valence-electron chi connectivity index (χ2n) is 5.42. The molecule has 1 saturated heterocycles. The fraction of sp³-hybridized carbons (Fsp3) is 0.600. The summed E-state index contributed by atoms with van der Waals surface area (Å²) in [4.78, 5) is 0. The van der Waals surface area contributed by atoms with E-state index in [0.717, 1.165) is 24.8 Å². The molecule has 5 heteroatoms. The summed E-state index contributed by atoms with van der Waals surface area (Å²) in [5.41, 5.74) is 1.03. The van der Waals surface area contributed by atoms with Crippen LogP contribution >= 0.6 is 0 Å². The Kier molecular flexibility index (Phi) is 5.16. The molecule has 1 aromatic rings. The maximum absolute atomic E-state index is 13.0. The molecule has 0 amide bonds. The molecule has 1 aliphatic heterocycles. The Morgan fingerprint density at radius 3 is 2.60 bits per heavy atom. The second kappa shape index (κ2) is 6.68. The number of hydrogen-bond donors (Lipinski definition) is 0. The Balaban J connectivity index is 2.17. The van der Waals surface area contributed by atoms with Crippen molar-refractivity contribution in [2.45, 2.75) is 38.5 Å². The Morgan fingerprint density at radius 1 is 1.25 bits per heavy atom. The van der Waals surface area contributed by atoms with Crippen molar-refractivity contribution in [2.75, 3.05) is 18.8 Å². The van der Waals surface area contributed by atoms with Crippen LogP contribution in [0.3, 0.4) is 0 Å². The van der Waals surface area contributed by atoms with E-state index >= 15 is 0 Å². The standard InChI is InChI=1S/C15H22FNO2S/c1-2-11-20(18,19)17-10-4-3-5-14(12-17)13-6-8-15(16)9-7-13/h6-9,14H,2-5,10-12H2,1H3. The number of hydrogen-bond acceptors (Lipinski definition) is 2. The topological polar surface area (TPSA) is 37.4 Å². The number of nitrogens with zero attached hydrogens (tertiary/aromatic N) is 1. The molecule has 0 bridgehead atoms. The molecule has 1 unspecified atom stereocenters. The van der Waals surface area contributed by atoms with Crippen LogP contribution < -0.4 is 0 Å². The molecular weight excluding hydrogens is 277 g/mol. The van der Waals surface area contributed by atoms with Crippen molar-refractivity contribution < 1.29 is 12.8 Å². The molecule has 1 atom stereocenters. The van der Waals surface area contributed by atoms with E-state index < -0.39 is 10.0 Å². The first-order chi connectivity index (χ1) is 9.53. The highest BCUT2D eigenvalue weighted by Crippen LogP contribution is 2.28. The molecular formula is C15H22FNO2S. The van der Waals surface area contributed by atoms with Crippen molar-refractivity contribution in [3.05, 3.63) is 35.6 Å². The van der Waals surface area contributed by atoms with Gasteiger partial charge in [0.25, 0.3) is 0 Å². The lowest BCUT2D eigenvalue weighted by molar-refractivity contribution is 0.406. The van der Waals surface area contributed by atoms with Crippen molar-refractivity contribution in [1.82, 2.24) is 4.31 Å². The molecule has 20 heavy (non-hydrogen) atoms. The molecule has 1 aliphatic rings. The third-order valence-electron chi connectivity index (χ3n) is 3.83. The lowest BCUT2D eigenvalue weighted by Crippen LogP contribution is -2.35. The number of rotatable bonds is 4. The van der Waals surface area contributed by atoms with Gasteiger partial charge in [-0.3, -0.25) is 0 Å². The summed E-state index contributed by atoms with van der Waals surface area (Å²) < 4.78 is 39.1. The quantitative estimate of drug-likeness (QED) is 0.856. The fourth-order valence-corrected chi connectivity index (χ4v) is 4.34. The van der Waals surface area contributed by atoms with E-state index in [4.69, 9.17) is 0 Å². The number of benzene rings is 1. The molecule has 3 nitrogen and oxygen atoms in total. The third-order valence-corrected chi connectivity index (χ3v) is 5.87. The summed E-state index contributed by atoms with van der Waals surface area (Å²) in [5, 5.41) is 0. The number of sulfonamides is 1. The first-order valence-electron chi connectivity index (χ1n) is 7.26. The van der Waals surface area contributed by atoms with Gasteiger partial charge in [-0.25, -0.2) is 17.1 Å². The van der Waals surface area contributed by atoms with Gasteiger partial charge in [-0.1, -0.05) is 25.5 Å². The van der Waals surface area contributed by atoms with E-state index in [1.807, 2.05) is 6.92 Å². The average molecular weight is 299 g/mol. The van der Waals surface area contributed by atoms with E-state index in [2.05, 4.69) is 0 Å². The Morgan fingerprint density at radius 2 is 1.95 bits per heavy atom. The minimum absolute atomic E-state index is 0.171. The van der Waals surface area contributed by atoms with Crippen molar-refractivity contribution in [1.29, 1.82) is 0 Å². The largest absolute Gasteiger partial charge is 0.214 e. The molecule has 1 heterocycles. The van der Waals surface area contributed by atoms with Crippen LogP contribution in [0.25, 0.3) is 0 Å². The minimum Gasteiger partial charge on any atom is -0.212 e. The van der Waals surface area contributed by atoms with E-state index in [1.54, 1.807) is 16.4 Å². The highest BCUT2D eigenvalue weighted by Gasteiger charge is 2.27. The van der Waals surface area contributed by atoms with E-state index in [9.17, 15) is 12.8 Å². The minimum atomic E-state index is -3.15. The Hall–Kier alpha value is -0.940. The van der Waals surface area contributed by atoms with Crippen LogP contribution in [0, 0.1) is 5.82 Å². The summed E-state index contributed by atoms with van der Waals surface area (Å²) in [7, 11) is -3.15. The molecule has 0 aliphatic carbocycles. The third kappa shape index (κ3) is 3.79. The van der Waals surface area contributed by atoms with Crippen LogP contribution in [0.5, 0.6) is 0 Å². The van der Waals surface area contributed by atoms with Crippen LogP contribution in [0.15, 0.2) is 24.3 Å². The molecule has 2 rings (SSSR count). The van der Waals surface area contributed by atoms with Gasteiger partial charge in [0.05, 0.1) is 5.75 Å². The SMILES string of the molecule is CCCS(=O)(=O)N1CCCCC(c2ccc(F)cc2)C1. The monoisotopic (exact) mass is 299 g/mol. The first-order valence-corrected chi connectivity index (χ1v) is 8.87. The lowest BCUT2D eigenvalue weighted by atomic mass is 9.95. The summed E-state index contributed by atoms with van der Waals surface area (Å²) in [5.74, 6) is 0.130. The highest BCUT2D eigenvalue weighted by molar-refractivity contribution is 7.89. The molecule has 1 fully saturated rings. The van der Waals surface area contributed by atoms with Crippen molar-refractivity contribution in [3.63, 3.8) is 0 Å². The smallest absolute Gasteiger partial charge is 0.212 e. The fourth-order valence-electron chi connectivity index (χ4n) is 2.75. The van der Waals surface area contributed by atoms with Crippen LogP contribution in [0.1, 0.15) is 44.1 Å². The van der Waals surface area contributed by atoms with Crippen LogP contribution in [0.4, 0.5) is 4.39 Å². The van der Waals surface area contributed by atoms with Gasteiger partial charge in [0.2, 0.25) is 10.0 Å². The van der Waals surface area contributed by atoms with Crippen LogP contribution in [-0.2, 0) is 10.0 Å². The van der Waals surface area contributed by atoms with Crippen molar-refractivity contribution >= 4 is 10.0 Å². The van der Waals surface area contributed by atoms with E-state index in [0.29, 0.717) is 19.5 Å². The van der Waals surface area contributed by atoms with Gasteiger partial charge in [-0.05, 0) is 42.9 Å². The van der Waals surface area contributed by atoms with Gasteiger partial charge in [0.15, 0.2) is 0 Å². The zero-order chi connectivity index (χ0) is 14.6. The second-order valence-corrected chi connectivity index (χ2v) is 7.51. The van der Waals surface area contributed by atoms with Crippen molar-refractivity contribution in [3.8, 4) is 0 Å². The molecule has 112 valence electrons. The summed E-state index contributed by atoms with van der Waals surface area (Å²) in [6, 6.07) is 6.45. The van der Waals surface area contributed by atoms with Gasteiger partial charge in [0.1, 0.15) is 5.82 Å². The summed E-state index contributed by atoms with van der Waals surface area (Å²) in [6.45, 7) is 3.01. The zero-order valence-electron chi connectivity index (χ0n) is 11.9. The molecule has 0 saturated carbocycles. The normalized spacial score (nSPS) is 21.6. The number of halogens is 1. The Bertz CT molecular complexity index is 527. The maximum atomic E-state index is 13.0. The maximum Gasteiger partial charge on any atom is 0.214 e. The molecule has 0 radical (unpaired) electrons. The van der Waals surface area contributed by atoms with Gasteiger partial charge in [-0.2, -0.15) is 0 Å². The van der Waals surface area contributed by atoms with Crippen LogP contribution in [0.2, 0.25) is 0 Å². The van der Waals surface area contributed by atoms with Gasteiger partial charge in [0, 0.05) is 13.1 Å². The van der Waals surface area contributed by atoms with Crippen molar-refractivity contribution in [2.24, 2.45) is 0 Å². The molecule has 0 spiro atoms. The molecule has 1 aromatic carbocycles. The predicted molar refractivity (Wildman–Crippen MR) is 78.6 cm³/mol. The van der Waals surface area contributed by atoms with Crippen LogP contribution in [-0.4, -0.2) is 31.6 Å². The van der Waals surface area contributed by atoms with E-state index in [-0.39, 0.29) is 17.5 Å². The van der Waals surface area contributed by atoms with Gasteiger partial charge in [-0.15, -0.1) is 0 Å². The lowest BCUT2D eigenvalue weighted by Gasteiger charge is -2.24. The Labute approximate surface area is 120 Å². The van der Waals surface area contributed by atoms with Gasteiger partial charge < -0.3 is 0 Å². The predicted octanol–water partition coefficient (Wildman–Crippen LogP) is 3.14. The van der Waals surface area contributed by atoms with Gasteiger partial charge >= 0.3 is 0 Å². The molecule has 0 N–H and O–H groups in total. The summed E-state index contributed by atoms with van der Waals surface area (Å²) in [6.07, 6.45) is 3.52. The average Bonchev–Trinajstić information content (AvgIpc) is 2.66.